The molecule has 0 bridgehead atoms. The standard InChI is InChI=1S/C18H13F3O5S/c1-10-5-11(2)7-12(6-10)15-9-17(22)25-16-8-13(3-4-14(15)16)26-27(23,24)18(19,20)21/h3-9H,1-2H3. The second-order valence-electron chi connectivity index (χ2n) is 6.00. The molecular formula is C18H13F3O5S. The van der Waals surface area contributed by atoms with Crippen molar-refractivity contribution in [2.24, 2.45) is 0 Å². The third-order valence-electron chi connectivity index (χ3n) is 3.74. The Morgan fingerprint density at radius 1 is 0.963 bits per heavy atom. The summed E-state index contributed by atoms with van der Waals surface area (Å²) in [5, 5.41) is 0.427. The number of benzene rings is 2. The van der Waals surface area contributed by atoms with E-state index in [0.29, 0.717) is 10.9 Å². The zero-order valence-corrected chi connectivity index (χ0v) is 14.9. The fourth-order valence-corrected chi connectivity index (χ4v) is 3.19. The van der Waals surface area contributed by atoms with Gasteiger partial charge in [-0.05, 0) is 37.1 Å². The summed E-state index contributed by atoms with van der Waals surface area (Å²) in [5.74, 6) is -0.611. The predicted molar refractivity (Wildman–Crippen MR) is 93.0 cm³/mol. The first-order valence-corrected chi connectivity index (χ1v) is 9.04. The molecule has 0 amide bonds. The molecule has 0 fully saturated rings. The van der Waals surface area contributed by atoms with Gasteiger partial charge >= 0.3 is 21.3 Å². The lowest BCUT2D eigenvalue weighted by Crippen LogP contribution is -2.28. The van der Waals surface area contributed by atoms with E-state index < -0.39 is 27.0 Å². The van der Waals surface area contributed by atoms with E-state index in [0.717, 1.165) is 28.8 Å². The molecule has 0 spiro atoms. The molecule has 27 heavy (non-hydrogen) atoms. The summed E-state index contributed by atoms with van der Waals surface area (Å²) in [5.41, 5.74) is -3.23. The summed E-state index contributed by atoms with van der Waals surface area (Å²) >= 11 is 0. The van der Waals surface area contributed by atoms with Gasteiger partial charge in [0.15, 0.2) is 0 Å². The van der Waals surface area contributed by atoms with Crippen LogP contribution in [0.1, 0.15) is 11.1 Å². The van der Waals surface area contributed by atoms with E-state index in [2.05, 4.69) is 4.18 Å². The highest BCUT2D eigenvalue weighted by atomic mass is 32.2. The van der Waals surface area contributed by atoms with Crippen LogP contribution < -0.4 is 9.81 Å². The van der Waals surface area contributed by atoms with Gasteiger partial charge in [-0.15, -0.1) is 0 Å². The summed E-state index contributed by atoms with van der Waals surface area (Å²) in [7, 11) is -5.82. The molecule has 3 aromatic rings. The minimum atomic E-state index is -5.82. The van der Waals surface area contributed by atoms with Crippen LogP contribution in [0.5, 0.6) is 5.75 Å². The molecule has 2 aromatic carbocycles. The van der Waals surface area contributed by atoms with Gasteiger partial charge in [0.1, 0.15) is 11.3 Å². The van der Waals surface area contributed by atoms with Crippen LogP contribution in [0, 0.1) is 13.8 Å². The van der Waals surface area contributed by atoms with Gasteiger partial charge in [0.25, 0.3) is 0 Å². The number of hydrogen-bond donors (Lipinski definition) is 0. The van der Waals surface area contributed by atoms with Crippen molar-refractivity contribution in [2.45, 2.75) is 19.4 Å². The third-order valence-corrected chi connectivity index (χ3v) is 4.72. The summed E-state index contributed by atoms with van der Waals surface area (Å²) in [6.45, 7) is 3.77. The van der Waals surface area contributed by atoms with E-state index in [-0.39, 0.29) is 5.58 Å². The predicted octanol–water partition coefficient (Wildman–Crippen LogP) is 4.31. The van der Waals surface area contributed by atoms with E-state index in [1.807, 2.05) is 32.0 Å². The van der Waals surface area contributed by atoms with E-state index in [4.69, 9.17) is 4.42 Å². The van der Waals surface area contributed by atoms with Crippen LogP contribution in [-0.4, -0.2) is 13.9 Å². The van der Waals surface area contributed by atoms with Crippen LogP contribution in [0.2, 0.25) is 0 Å². The maximum atomic E-state index is 12.5. The largest absolute Gasteiger partial charge is 0.534 e. The highest BCUT2D eigenvalue weighted by molar-refractivity contribution is 7.88. The maximum absolute atomic E-state index is 12.5. The van der Waals surface area contributed by atoms with E-state index in [1.54, 1.807) is 0 Å². The molecule has 0 saturated heterocycles. The van der Waals surface area contributed by atoms with Crippen molar-refractivity contribution in [1.29, 1.82) is 0 Å². The quantitative estimate of drug-likeness (QED) is 0.374. The molecule has 9 heteroatoms. The maximum Gasteiger partial charge on any atom is 0.534 e. The Kier molecular flexibility index (Phi) is 4.51. The fraction of sp³-hybridized carbons (Fsp3) is 0.167. The molecule has 0 atom stereocenters. The van der Waals surface area contributed by atoms with Gasteiger partial charge in [0.05, 0.1) is 0 Å². The van der Waals surface area contributed by atoms with Crippen LogP contribution in [0.3, 0.4) is 0 Å². The van der Waals surface area contributed by atoms with E-state index in [9.17, 15) is 26.4 Å². The second-order valence-corrected chi connectivity index (χ2v) is 7.53. The second kappa shape index (κ2) is 6.41. The molecule has 0 unspecified atom stereocenters. The molecular weight excluding hydrogens is 385 g/mol. The summed E-state index contributed by atoms with van der Waals surface area (Å²) in [4.78, 5) is 11.9. The van der Waals surface area contributed by atoms with Crippen molar-refractivity contribution in [3.63, 3.8) is 0 Å². The number of rotatable bonds is 3. The molecule has 0 aliphatic carbocycles. The van der Waals surface area contributed by atoms with E-state index >= 15 is 0 Å². The third kappa shape index (κ3) is 3.82. The van der Waals surface area contributed by atoms with Gasteiger partial charge in [-0.3, -0.25) is 0 Å². The highest BCUT2D eigenvalue weighted by Gasteiger charge is 2.48. The summed E-state index contributed by atoms with van der Waals surface area (Å²) in [6, 6.07) is 10.3. The average Bonchev–Trinajstić information content (AvgIpc) is 2.51. The van der Waals surface area contributed by atoms with Gasteiger partial charge < -0.3 is 8.60 Å². The molecule has 3 rings (SSSR count). The van der Waals surface area contributed by atoms with Gasteiger partial charge in [-0.2, -0.15) is 21.6 Å². The van der Waals surface area contributed by atoms with Crippen LogP contribution in [0.15, 0.2) is 51.7 Å². The summed E-state index contributed by atoms with van der Waals surface area (Å²) in [6.07, 6.45) is 0. The lowest BCUT2D eigenvalue weighted by atomic mass is 9.98. The SMILES string of the molecule is Cc1cc(C)cc(-c2cc(=O)oc3cc(OS(=O)(=O)C(F)(F)F)ccc23)c1. The van der Waals surface area contributed by atoms with Gasteiger partial charge in [0.2, 0.25) is 0 Å². The molecule has 0 aliphatic rings. The monoisotopic (exact) mass is 398 g/mol. The Morgan fingerprint density at radius 2 is 1.59 bits per heavy atom. The van der Waals surface area contributed by atoms with Crippen molar-refractivity contribution in [3.8, 4) is 16.9 Å². The number of hydrogen-bond acceptors (Lipinski definition) is 5. The van der Waals surface area contributed by atoms with Crippen molar-refractivity contribution in [1.82, 2.24) is 0 Å². The Bertz CT molecular complexity index is 1170. The summed E-state index contributed by atoms with van der Waals surface area (Å²) < 4.78 is 68.8. The zero-order valence-electron chi connectivity index (χ0n) is 14.1. The Hall–Kier alpha value is -2.81. The molecule has 5 nitrogen and oxygen atoms in total. The molecule has 1 heterocycles. The lowest BCUT2D eigenvalue weighted by Gasteiger charge is -2.11. The first-order valence-electron chi connectivity index (χ1n) is 7.64. The molecule has 0 N–H and O–H groups in total. The van der Waals surface area contributed by atoms with E-state index in [1.165, 1.54) is 12.1 Å². The lowest BCUT2D eigenvalue weighted by molar-refractivity contribution is -0.0500. The topological polar surface area (TPSA) is 73.6 Å². The fourth-order valence-electron chi connectivity index (χ4n) is 2.74. The average molecular weight is 398 g/mol. The van der Waals surface area contributed by atoms with Crippen molar-refractivity contribution < 1.29 is 30.2 Å². The van der Waals surface area contributed by atoms with Crippen LogP contribution in [0.4, 0.5) is 13.2 Å². The van der Waals surface area contributed by atoms with Gasteiger partial charge in [-0.1, -0.05) is 29.3 Å². The normalized spacial score (nSPS) is 12.3. The van der Waals surface area contributed by atoms with Crippen LogP contribution in [-0.2, 0) is 10.1 Å². The molecule has 0 radical (unpaired) electrons. The Morgan fingerprint density at radius 3 is 2.19 bits per heavy atom. The number of fused-ring (bicyclic) bond motifs is 1. The van der Waals surface area contributed by atoms with Crippen molar-refractivity contribution in [3.05, 3.63) is 64.0 Å². The van der Waals surface area contributed by atoms with Gasteiger partial charge in [-0.25, -0.2) is 4.79 Å². The zero-order chi connectivity index (χ0) is 20.0. The molecule has 1 aromatic heterocycles. The van der Waals surface area contributed by atoms with Crippen LogP contribution in [0.25, 0.3) is 22.1 Å². The van der Waals surface area contributed by atoms with Crippen LogP contribution >= 0.6 is 0 Å². The smallest absolute Gasteiger partial charge is 0.423 e. The Balaban J connectivity index is 2.16. The molecule has 142 valence electrons. The Labute approximate surface area is 152 Å². The number of alkyl halides is 3. The van der Waals surface area contributed by atoms with Crippen molar-refractivity contribution >= 4 is 21.1 Å². The highest BCUT2D eigenvalue weighted by Crippen LogP contribution is 2.33. The molecule has 0 saturated carbocycles. The number of aryl methyl sites for hydroxylation is 2. The minimum absolute atomic E-state index is 0.0912. The molecule has 0 aliphatic heterocycles. The number of halogens is 3. The first kappa shape index (κ1) is 19.0. The minimum Gasteiger partial charge on any atom is -0.423 e. The first-order chi connectivity index (χ1) is 12.5. The van der Waals surface area contributed by atoms with Gasteiger partial charge in [0, 0.05) is 17.5 Å². The van der Waals surface area contributed by atoms with Crippen molar-refractivity contribution in [2.75, 3.05) is 0 Å².